The zero-order chi connectivity index (χ0) is 20.8. The van der Waals surface area contributed by atoms with Crippen molar-refractivity contribution >= 4 is 11.8 Å². The van der Waals surface area contributed by atoms with Crippen LogP contribution in [0.25, 0.3) is 0 Å². The average Bonchev–Trinajstić information content (AvgIpc) is 2.64. The number of unbranched alkanes of at least 4 members (excludes halogenated alkanes) is 1. The van der Waals surface area contributed by atoms with Gasteiger partial charge in [-0.3, -0.25) is 9.59 Å². The molecule has 6 nitrogen and oxygen atoms in total. The van der Waals surface area contributed by atoms with Crippen LogP contribution in [0.15, 0.2) is 0 Å². The molecule has 26 heavy (non-hydrogen) atoms. The van der Waals surface area contributed by atoms with Gasteiger partial charge in [-0.25, -0.2) is 0 Å². The number of hydrogen-bond acceptors (Lipinski definition) is 4. The van der Waals surface area contributed by atoms with E-state index in [2.05, 4.69) is 17.6 Å². The number of carbonyl (C=O) groups excluding carboxylic acids is 2. The van der Waals surface area contributed by atoms with Crippen molar-refractivity contribution in [2.75, 3.05) is 26.4 Å². The van der Waals surface area contributed by atoms with Crippen LogP contribution in [0, 0.1) is 0 Å². The van der Waals surface area contributed by atoms with E-state index < -0.39 is 0 Å². The summed E-state index contributed by atoms with van der Waals surface area (Å²) in [5.41, 5.74) is 0. The van der Waals surface area contributed by atoms with E-state index in [-0.39, 0.29) is 30.5 Å². The molecule has 6 heteroatoms. The molecular weight excluding hydrogens is 332 g/mol. The Balaban J connectivity index is -0.00000123. The number of rotatable bonds is 13. The number of carbonyl (C=O) groups is 2. The Bertz CT molecular complexity index is 310. The highest BCUT2D eigenvalue weighted by Crippen LogP contribution is 1.95. The predicted octanol–water partition coefficient (Wildman–Crippen LogP) is 3.68. The summed E-state index contributed by atoms with van der Waals surface area (Å²) in [7, 11) is 0. The number of amides is 2. The molecule has 0 rings (SSSR count). The fourth-order valence-electron chi connectivity index (χ4n) is 1.73. The molecule has 0 aromatic heterocycles. The largest absolute Gasteiger partial charge is 0.379 e. The molecule has 0 aromatic carbocycles. The second kappa shape index (κ2) is 23.9. The average molecular weight is 377 g/mol. The minimum Gasteiger partial charge on any atom is -0.379 e. The van der Waals surface area contributed by atoms with Crippen molar-refractivity contribution < 1.29 is 19.1 Å². The van der Waals surface area contributed by atoms with Crippen molar-refractivity contribution in [2.45, 2.75) is 93.2 Å². The highest BCUT2D eigenvalue weighted by Gasteiger charge is 2.11. The lowest BCUT2D eigenvalue weighted by atomic mass is 10.2. The Labute approximate surface area is 161 Å². The highest BCUT2D eigenvalue weighted by atomic mass is 16.5. The van der Waals surface area contributed by atoms with Crippen LogP contribution in [-0.2, 0) is 19.1 Å². The van der Waals surface area contributed by atoms with Gasteiger partial charge in [-0.05, 0) is 26.7 Å². The molecular formula is C20H44N2O4. The van der Waals surface area contributed by atoms with E-state index in [4.69, 9.17) is 9.47 Å². The first-order valence-corrected chi connectivity index (χ1v) is 10.2. The summed E-state index contributed by atoms with van der Waals surface area (Å²) in [6.45, 7) is 17.4. The zero-order valence-corrected chi connectivity index (χ0v) is 18.4. The van der Waals surface area contributed by atoms with Gasteiger partial charge in [-0.15, -0.1) is 0 Å². The predicted molar refractivity (Wildman–Crippen MR) is 109 cm³/mol. The van der Waals surface area contributed by atoms with E-state index in [9.17, 15) is 9.59 Å². The summed E-state index contributed by atoms with van der Waals surface area (Å²) in [6, 6.07) is 0.0957. The van der Waals surface area contributed by atoms with Gasteiger partial charge in [0.1, 0.15) is 6.61 Å². The normalized spacial score (nSPS) is 10.8. The molecule has 158 valence electrons. The molecule has 2 amide bonds. The van der Waals surface area contributed by atoms with Crippen molar-refractivity contribution in [3.63, 3.8) is 0 Å². The maximum Gasteiger partial charge on any atom is 0.246 e. The van der Waals surface area contributed by atoms with Gasteiger partial charge in [-0.1, -0.05) is 48.0 Å². The minimum atomic E-state index is -0.121. The first kappa shape index (κ1) is 29.6. The van der Waals surface area contributed by atoms with Crippen molar-refractivity contribution in [3.05, 3.63) is 0 Å². The maximum atomic E-state index is 11.7. The third kappa shape index (κ3) is 22.9. The van der Waals surface area contributed by atoms with Crippen LogP contribution in [0.3, 0.4) is 0 Å². The zero-order valence-electron chi connectivity index (χ0n) is 18.4. The monoisotopic (exact) mass is 376 g/mol. The third-order valence-electron chi connectivity index (χ3n) is 2.98. The van der Waals surface area contributed by atoms with E-state index in [0.29, 0.717) is 26.2 Å². The van der Waals surface area contributed by atoms with Gasteiger partial charge in [-0.2, -0.15) is 0 Å². The van der Waals surface area contributed by atoms with Crippen LogP contribution < -0.4 is 10.6 Å². The summed E-state index contributed by atoms with van der Waals surface area (Å²) < 4.78 is 10.7. The molecule has 0 aromatic rings. The third-order valence-corrected chi connectivity index (χ3v) is 2.98. The summed E-state index contributed by atoms with van der Waals surface area (Å²) >= 11 is 0. The minimum absolute atomic E-state index is 0.0172. The molecule has 0 saturated heterocycles. The van der Waals surface area contributed by atoms with E-state index in [1.807, 2.05) is 48.5 Å². The first-order valence-electron chi connectivity index (χ1n) is 10.2. The van der Waals surface area contributed by atoms with Crippen molar-refractivity contribution in [3.8, 4) is 0 Å². The molecule has 0 heterocycles. The van der Waals surface area contributed by atoms with E-state index in [1.165, 1.54) is 0 Å². The van der Waals surface area contributed by atoms with E-state index in [1.54, 1.807) is 0 Å². The fraction of sp³-hybridized carbons (Fsp3) is 0.900. The molecule has 1 unspecified atom stereocenters. The lowest BCUT2D eigenvalue weighted by molar-refractivity contribution is -0.127. The van der Waals surface area contributed by atoms with Crippen molar-refractivity contribution in [2.24, 2.45) is 0 Å². The summed E-state index contributed by atoms with van der Waals surface area (Å²) in [6.07, 6.45) is 3.13. The Hall–Kier alpha value is -1.14. The van der Waals surface area contributed by atoms with Crippen LogP contribution >= 0.6 is 0 Å². The quantitative estimate of drug-likeness (QED) is 0.481. The van der Waals surface area contributed by atoms with E-state index in [0.717, 1.165) is 19.3 Å². The second-order valence-electron chi connectivity index (χ2n) is 5.63. The summed E-state index contributed by atoms with van der Waals surface area (Å²) in [5, 5.41) is 5.68. The Morgan fingerprint density at radius 3 is 2.00 bits per heavy atom. The van der Waals surface area contributed by atoms with Gasteiger partial charge < -0.3 is 20.1 Å². The standard InChI is InChI=1S/C16H32N2O4.2C2H6/c1-5-7-9-21-12-16(20)18-14(6-2)11-22-10-8-15(19)17-13(3)4;2*1-2/h13-14H,5-12H2,1-4H3,(H,17,19)(H,18,20);2*1-2H3. The van der Waals surface area contributed by atoms with Crippen LogP contribution in [0.4, 0.5) is 0 Å². The molecule has 0 saturated carbocycles. The summed E-state index contributed by atoms with van der Waals surface area (Å²) in [5.74, 6) is -0.138. The van der Waals surface area contributed by atoms with E-state index >= 15 is 0 Å². The second-order valence-corrected chi connectivity index (χ2v) is 5.63. The Morgan fingerprint density at radius 1 is 0.885 bits per heavy atom. The smallest absolute Gasteiger partial charge is 0.246 e. The van der Waals surface area contributed by atoms with Crippen LogP contribution in [-0.4, -0.2) is 50.3 Å². The van der Waals surface area contributed by atoms with Crippen LogP contribution in [0.2, 0.25) is 0 Å². The van der Waals surface area contributed by atoms with Crippen molar-refractivity contribution in [1.82, 2.24) is 10.6 Å². The first-order chi connectivity index (χ1) is 12.5. The molecule has 2 N–H and O–H groups in total. The molecule has 0 bridgehead atoms. The van der Waals surface area contributed by atoms with Gasteiger partial charge in [0, 0.05) is 19.1 Å². The lowest BCUT2D eigenvalue weighted by Crippen LogP contribution is -2.40. The molecule has 0 radical (unpaired) electrons. The molecule has 0 fully saturated rings. The van der Waals surface area contributed by atoms with Gasteiger partial charge >= 0.3 is 0 Å². The van der Waals surface area contributed by atoms with Gasteiger partial charge in [0.25, 0.3) is 0 Å². The highest BCUT2D eigenvalue weighted by molar-refractivity contribution is 5.77. The molecule has 0 aliphatic rings. The molecule has 0 aliphatic heterocycles. The number of hydrogen-bond donors (Lipinski definition) is 2. The Kier molecular flexibility index (Phi) is 27.2. The number of nitrogens with one attached hydrogen (secondary N) is 2. The van der Waals surface area contributed by atoms with Gasteiger partial charge in [0.05, 0.1) is 19.3 Å². The van der Waals surface area contributed by atoms with Crippen LogP contribution in [0.5, 0.6) is 0 Å². The summed E-state index contributed by atoms with van der Waals surface area (Å²) in [4.78, 5) is 23.1. The maximum absolute atomic E-state index is 11.7. The molecule has 1 atom stereocenters. The molecule has 0 aliphatic carbocycles. The van der Waals surface area contributed by atoms with Crippen molar-refractivity contribution in [1.29, 1.82) is 0 Å². The number of ether oxygens (including phenoxy) is 2. The SMILES string of the molecule is CC.CC.CCCCOCC(=O)NC(CC)COCCC(=O)NC(C)C. The topological polar surface area (TPSA) is 76.7 Å². The van der Waals surface area contributed by atoms with Gasteiger partial charge in [0.15, 0.2) is 0 Å². The van der Waals surface area contributed by atoms with Gasteiger partial charge in [0.2, 0.25) is 11.8 Å². The fourth-order valence-corrected chi connectivity index (χ4v) is 1.73. The Morgan fingerprint density at radius 2 is 1.50 bits per heavy atom. The van der Waals surface area contributed by atoms with Crippen LogP contribution in [0.1, 0.15) is 81.1 Å². The lowest BCUT2D eigenvalue weighted by Gasteiger charge is -2.17. The molecule has 0 spiro atoms.